The van der Waals surface area contributed by atoms with Crippen molar-refractivity contribution in [2.75, 3.05) is 13.6 Å². The topological polar surface area (TPSA) is 75.3 Å². The molecule has 1 amide bonds. The van der Waals surface area contributed by atoms with Crippen molar-refractivity contribution in [1.29, 1.82) is 0 Å². The number of aryl methyl sites for hydroxylation is 2. The van der Waals surface area contributed by atoms with E-state index in [-0.39, 0.29) is 17.3 Å². The Labute approximate surface area is 101 Å². The van der Waals surface area contributed by atoms with E-state index in [9.17, 15) is 13.2 Å². The largest absolute Gasteiger partial charge is 0.358 e. The van der Waals surface area contributed by atoms with Gasteiger partial charge in [-0.3, -0.25) is 4.79 Å². The van der Waals surface area contributed by atoms with Gasteiger partial charge >= 0.3 is 0 Å². The number of nitrogens with one attached hydrogen (secondary N) is 2. The molecule has 0 aromatic heterocycles. The van der Waals surface area contributed by atoms with Gasteiger partial charge in [0.25, 0.3) is 0 Å². The van der Waals surface area contributed by atoms with E-state index in [1.807, 2.05) is 13.0 Å². The molecule has 94 valence electrons. The zero-order valence-electron chi connectivity index (χ0n) is 10.1. The van der Waals surface area contributed by atoms with Gasteiger partial charge in [0, 0.05) is 7.05 Å². The van der Waals surface area contributed by atoms with Gasteiger partial charge in [0.2, 0.25) is 15.9 Å². The quantitative estimate of drug-likeness (QED) is 0.815. The van der Waals surface area contributed by atoms with Gasteiger partial charge in [0.15, 0.2) is 0 Å². The van der Waals surface area contributed by atoms with Gasteiger partial charge in [0.05, 0.1) is 11.4 Å². The van der Waals surface area contributed by atoms with Gasteiger partial charge in [-0.05, 0) is 31.0 Å². The zero-order valence-corrected chi connectivity index (χ0v) is 10.9. The summed E-state index contributed by atoms with van der Waals surface area (Å²) in [4.78, 5) is 11.2. The Hall–Kier alpha value is -1.40. The third kappa shape index (κ3) is 3.54. The smallest absolute Gasteiger partial charge is 0.241 e. The molecular formula is C11H16N2O3S. The average molecular weight is 256 g/mol. The highest BCUT2D eigenvalue weighted by atomic mass is 32.2. The first-order valence-corrected chi connectivity index (χ1v) is 6.62. The van der Waals surface area contributed by atoms with Crippen molar-refractivity contribution in [3.63, 3.8) is 0 Å². The number of amides is 1. The molecule has 17 heavy (non-hydrogen) atoms. The lowest BCUT2D eigenvalue weighted by Gasteiger charge is -2.09. The molecule has 0 spiro atoms. The minimum atomic E-state index is -3.63. The number of likely N-dealkylation sites (N-methyl/N-ethyl adjacent to an activating group) is 1. The van der Waals surface area contributed by atoms with Crippen LogP contribution in [0.2, 0.25) is 0 Å². The fourth-order valence-electron chi connectivity index (χ4n) is 1.32. The monoisotopic (exact) mass is 256 g/mol. The number of hydrogen-bond acceptors (Lipinski definition) is 3. The fourth-order valence-corrected chi connectivity index (χ4v) is 2.63. The van der Waals surface area contributed by atoms with Gasteiger partial charge in [-0.1, -0.05) is 12.1 Å². The maximum absolute atomic E-state index is 11.9. The number of hydrogen-bond donors (Lipinski definition) is 2. The summed E-state index contributed by atoms with van der Waals surface area (Å²) in [6.45, 7) is 3.28. The minimum absolute atomic E-state index is 0.210. The van der Waals surface area contributed by atoms with Gasteiger partial charge in [-0.25, -0.2) is 13.1 Å². The van der Waals surface area contributed by atoms with Crippen LogP contribution in [0.5, 0.6) is 0 Å². The van der Waals surface area contributed by atoms with E-state index >= 15 is 0 Å². The third-order valence-electron chi connectivity index (χ3n) is 2.33. The molecule has 1 aromatic carbocycles. The fraction of sp³-hybridized carbons (Fsp3) is 0.364. The van der Waals surface area contributed by atoms with Gasteiger partial charge in [0.1, 0.15) is 0 Å². The molecule has 6 heteroatoms. The maximum atomic E-state index is 11.9. The highest BCUT2D eigenvalue weighted by Crippen LogP contribution is 2.16. The lowest BCUT2D eigenvalue weighted by molar-refractivity contribution is -0.119. The number of carbonyl (C=O) groups excluding carboxylic acids is 1. The van der Waals surface area contributed by atoms with Crippen LogP contribution in [-0.2, 0) is 14.8 Å². The molecule has 0 aliphatic heterocycles. The van der Waals surface area contributed by atoms with Crippen molar-refractivity contribution in [2.24, 2.45) is 0 Å². The molecule has 0 bridgehead atoms. The molecular weight excluding hydrogens is 240 g/mol. The van der Waals surface area contributed by atoms with Gasteiger partial charge < -0.3 is 5.32 Å². The molecule has 1 aromatic rings. The van der Waals surface area contributed by atoms with E-state index in [1.165, 1.54) is 7.05 Å². The van der Waals surface area contributed by atoms with Crippen LogP contribution in [0, 0.1) is 13.8 Å². The predicted molar refractivity (Wildman–Crippen MR) is 65.2 cm³/mol. The first kappa shape index (κ1) is 13.7. The molecule has 0 aliphatic rings. The third-order valence-corrected chi connectivity index (χ3v) is 3.88. The van der Waals surface area contributed by atoms with Crippen LogP contribution >= 0.6 is 0 Å². The lowest BCUT2D eigenvalue weighted by atomic mass is 10.2. The molecule has 0 atom stereocenters. The van der Waals surface area contributed by atoms with E-state index < -0.39 is 10.0 Å². The van der Waals surface area contributed by atoms with Crippen LogP contribution in [0.3, 0.4) is 0 Å². The molecule has 0 saturated heterocycles. The highest BCUT2D eigenvalue weighted by molar-refractivity contribution is 7.89. The molecule has 0 heterocycles. The summed E-state index contributed by atoms with van der Waals surface area (Å²) in [6, 6.07) is 5.17. The molecule has 0 fully saturated rings. The lowest BCUT2D eigenvalue weighted by Crippen LogP contribution is -2.35. The summed E-state index contributed by atoms with van der Waals surface area (Å²) in [5.74, 6) is -0.376. The Morgan fingerprint density at radius 1 is 1.29 bits per heavy atom. The number of carbonyl (C=O) groups is 1. The summed E-state index contributed by atoms with van der Waals surface area (Å²) in [6.07, 6.45) is 0. The zero-order chi connectivity index (χ0) is 13.1. The van der Waals surface area contributed by atoms with Crippen molar-refractivity contribution in [3.05, 3.63) is 29.3 Å². The van der Waals surface area contributed by atoms with Crippen LogP contribution in [0.25, 0.3) is 0 Å². The number of benzene rings is 1. The summed E-state index contributed by atoms with van der Waals surface area (Å²) in [5, 5.41) is 2.35. The second-order valence-electron chi connectivity index (χ2n) is 3.77. The van der Waals surface area contributed by atoms with Gasteiger partial charge in [-0.15, -0.1) is 0 Å². The van der Waals surface area contributed by atoms with Crippen molar-refractivity contribution in [3.8, 4) is 0 Å². The average Bonchev–Trinajstić information content (AvgIpc) is 2.29. The first-order chi connectivity index (χ1) is 7.86. The second-order valence-corrected chi connectivity index (χ2v) is 5.50. The molecule has 1 rings (SSSR count). The number of rotatable bonds is 4. The second kappa shape index (κ2) is 5.29. The van der Waals surface area contributed by atoms with E-state index in [4.69, 9.17) is 0 Å². The van der Waals surface area contributed by atoms with Crippen molar-refractivity contribution < 1.29 is 13.2 Å². The Bertz CT molecular complexity index is 524. The highest BCUT2D eigenvalue weighted by Gasteiger charge is 2.17. The Kier molecular flexibility index (Phi) is 4.25. The van der Waals surface area contributed by atoms with E-state index in [1.54, 1.807) is 19.1 Å². The summed E-state index contributed by atoms with van der Waals surface area (Å²) in [5.41, 5.74) is 1.51. The van der Waals surface area contributed by atoms with E-state index in [2.05, 4.69) is 10.0 Å². The van der Waals surface area contributed by atoms with Crippen LogP contribution < -0.4 is 10.0 Å². The standard InChI is InChI=1S/C11H16N2O3S/c1-8-4-5-9(2)10(6-8)17(15,16)13-7-11(14)12-3/h4-6,13H,7H2,1-3H3,(H,12,14). The summed E-state index contributed by atoms with van der Waals surface area (Å²) in [7, 11) is -2.18. The Morgan fingerprint density at radius 2 is 1.94 bits per heavy atom. The molecule has 0 saturated carbocycles. The Balaban J connectivity index is 2.97. The predicted octanol–water partition coefficient (Wildman–Crippen LogP) is 0.328. The van der Waals surface area contributed by atoms with Crippen LogP contribution in [0.4, 0.5) is 0 Å². The van der Waals surface area contributed by atoms with E-state index in [0.29, 0.717) is 5.56 Å². The van der Waals surface area contributed by atoms with Crippen LogP contribution in [-0.4, -0.2) is 27.9 Å². The summed E-state index contributed by atoms with van der Waals surface area (Å²) >= 11 is 0. The normalized spacial score (nSPS) is 11.2. The van der Waals surface area contributed by atoms with Gasteiger partial charge in [-0.2, -0.15) is 0 Å². The Morgan fingerprint density at radius 3 is 2.53 bits per heavy atom. The van der Waals surface area contributed by atoms with Crippen molar-refractivity contribution >= 4 is 15.9 Å². The maximum Gasteiger partial charge on any atom is 0.241 e. The van der Waals surface area contributed by atoms with Crippen molar-refractivity contribution in [1.82, 2.24) is 10.0 Å². The SMILES string of the molecule is CNC(=O)CNS(=O)(=O)c1cc(C)ccc1C. The van der Waals surface area contributed by atoms with Crippen molar-refractivity contribution in [2.45, 2.75) is 18.7 Å². The molecule has 0 unspecified atom stereocenters. The number of sulfonamides is 1. The van der Waals surface area contributed by atoms with Crippen LogP contribution in [0.1, 0.15) is 11.1 Å². The molecule has 2 N–H and O–H groups in total. The summed E-state index contributed by atoms with van der Waals surface area (Å²) < 4.78 is 26.1. The van der Waals surface area contributed by atoms with Crippen LogP contribution in [0.15, 0.2) is 23.1 Å². The van der Waals surface area contributed by atoms with E-state index in [0.717, 1.165) is 5.56 Å². The minimum Gasteiger partial charge on any atom is -0.358 e. The molecule has 5 nitrogen and oxygen atoms in total. The first-order valence-electron chi connectivity index (χ1n) is 5.14. The molecule has 0 aliphatic carbocycles. The molecule has 0 radical (unpaired) electrons.